The quantitative estimate of drug-likeness (QED) is 0.367. The number of hydrogen-bond acceptors (Lipinski definition) is 7. The summed E-state index contributed by atoms with van der Waals surface area (Å²) in [5.74, 6) is 5.98. The van der Waals surface area contributed by atoms with Crippen LogP contribution < -0.4 is 10.9 Å². The van der Waals surface area contributed by atoms with Crippen LogP contribution in [0.4, 0.5) is 0 Å². The van der Waals surface area contributed by atoms with Gasteiger partial charge in [0.05, 0.1) is 30.1 Å². The van der Waals surface area contributed by atoms with E-state index in [-0.39, 0.29) is 42.2 Å². The Morgan fingerprint density at radius 1 is 1.09 bits per heavy atom. The third kappa shape index (κ3) is 6.57. The van der Waals surface area contributed by atoms with Crippen LogP contribution in [0.25, 0.3) is 0 Å². The lowest BCUT2D eigenvalue weighted by molar-refractivity contribution is 0.263. The van der Waals surface area contributed by atoms with Crippen molar-refractivity contribution in [3.8, 4) is 17.6 Å². The summed E-state index contributed by atoms with van der Waals surface area (Å²) in [6.45, 7) is 0.461. The summed E-state index contributed by atoms with van der Waals surface area (Å²) in [5.41, 5.74) is 3.24. The second kappa shape index (κ2) is 10.9. The van der Waals surface area contributed by atoms with Crippen LogP contribution in [0.1, 0.15) is 40.3 Å². The van der Waals surface area contributed by atoms with E-state index in [2.05, 4.69) is 27.1 Å². The number of aliphatic hydroxyl groups is 1. The molecule has 2 heterocycles. The second-order valence-corrected chi connectivity index (χ2v) is 10.9. The van der Waals surface area contributed by atoms with Gasteiger partial charge < -0.3 is 20.5 Å². The number of nitrogens with zero attached hydrogens (tertiary/aromatic N) is 1. The van der Waals surface area contributed by atoms with E-state index in [0.29, 0.717) is 13.0 Å². The average Bonchev–Trinajstić information content (AvgIpc) is 3.22. The first-order valence-electron chi connectivity index (χ1n) is 11.3. The van der Waals surface area contributed by atoms with Gasteiger partial charge in [-0.2, -0.15) is 0 Å². The van der Waals surface area contributed by atoms with E-state index in [1.807, 2.05) is 48.5 Å². The molecule has 0 radical (unpaired) electrons. The summed E-state index contributed by atoms with van der Waals surface area (Å²) >= 11 is 0. The van der Waals surface area contributed by atoms with Gasteiger partial charge in [-0.05, 0) is 41.8 Å². The Balaban J connectivity index is 1.35. The van der Waals surface area contributed by atoms with E-state index in [1.165, 1.54) is 6.33 Å². The first-order valence-corrected chi connectivity index (χ1v) is 13.2. The molecule has 3 aromatic rings. The third-order valence-electron chi connectivity index (χ3n) is 6.08. The van der Waals surface area contributed by atoms with Crippen LogP contribution in [-0.4, -0.2) is 52.8 Å². The van der Waals surface area contributed by atoms with Gasteiger partial charge in [0.2, 0.25) is 5.75 Å². The van der Waals surface area contributed by atoms with Crippen LogP contribution in [-0.2, 0) is 22.8 Å². The van der Waals surface area contributed by atoms with Crippen LogP contribution >= 0.6 is 0 Å². The lowest BCUT2D eigenvalue weighted by Crippen LogP contribution is -2.29. The zero-order chi connectivity index (χ0) is 24.8. The van der Waals surface area contributed by atoms with E-state index in [4.69, 9.17) is 0 Å². The Morgan fingerprint density at radius 3 is 2.34 bits per heavy atom. The molecule has 35 heavy (non-hydrogen) atoms. The van der Waals surface area contributed by atoms with Gasteiger partial charge in [0, 0.05) is 36.1 Å². The zero-order valence-electron chi connectivity index (χ0n) is 19.1. The smallest absolute Gasteiger partial charge is 0.293 e. The minimum absolute atomic E-state index is 0.0187. The number of aromatic nitrogens is 2. The van der Waals surface area contributed by atoms with E-state index < -0.39 is 21.1 Å². The van der Waals surface area contributed by atoms with E-state index in [1.54, 1.807) is 0 Å². The summed E-state index contributed by atoms with van der Waals surface area (Å²) in [5, 5.41) is 23.0. The number of H-pyrrole nitrogens is 1. The fraction of sp³-hybridized carbons (Fsp3) is 0.308. The zero-order valence-corrected chi connectivity index (χ0v) is 19.9. The summed E-state index contributed by atoms with van der Waals surface area (Å²) in [6, 6.07) is 15.3. The topological polar surface area (TPSA) is 132 Å². The molecule has 9 heteroatoms. The lowest BCUT2D eigenvalue weighted by Gasteiger charge is -2.14. The van der Waals surface area contributed by atoms with Gasteiger partial charge in [0.25, 0.3) is 5.56 Å². The predicted molar refractivity (Wildman–Crippen MR) is 133 cm³/mol. The van der Waals surface area contributed by atoms with Gasteiger partial charge in [-0.15, -0.1) is 0 Å². The first kappa shape index (κ1) is 24.7. The van der Waals surface area contributed by atoms with E-state index in [0.717, 1.165) is 22.3 Å². The van der Waals surface area contributed by atoms with Gasteiger partial charge in [-0.25, -0.2) is 13.4 Å². The largest absolute Gasteiger partial charge is 0.502 e. The van der Waals surface area contributed by atoms with Gasteiger partial charge in [0.15, 0.2) is 9.84 Å². The molecule has 2 aromatic carbocycles. The van der Waals surface area contributed by atoms with E-state index in [9.17, 15) is 23.4 Å². The normalized spacial score (nSPS) is 17.5. The van der Waals surface area contributed by atoms with Crippen molar-refractivity contribution in [1.82, 2.24) is 15.3 Å². The maximum atomic E-state index is 11.6. The number of rotatable bonds is 7. The average molecular weight is 494 g/mol. The molecular weight excluding hydrogens is 466 g/mol. The van der Waals surface area contributed by atoms with Crippen molar-refractivity contribution in [2.24, 2.45) is 0 Å². The highest BCUT2D eigenvalue weighted by atomic mass is 32.2. The van der Waals surface area contributed by atoms with Crippen LogP contribution in [0, 0.1) is 11.8 Å². The van der Waals surface area contributed by atoms with Crippen molar-refractivity contribution < 1.29 is 18.6 Å². The Morgan fingerprint density at radius 2 is 1.74 bits per heavy atom. The highest BCUT2D eigenvalue weighted by Crippen LogP contribution is 2.22. The first-order chi connectivity index (χ1) is 16.8. The summed E-state index contributed by atoms with van der Waals surface area (Å²) in [7, 11) is -2.89. The predicted octanol–water partition coefficient (Wildman–Crippen LogP) is 1.47. The monoisotopic (exact) mass is 493 g/mol. The van der Waals surface area contributed by atoms with Gasteiger partial charge >= 0.3 is 0 Å². The lowest BCUT2D eigenvalue weighted by atomic mass is 9.94. The van der Waals surface area contributed by atoms with Crippen molar-refractivity contribution in [3.05, 3.63) is 93.2 Å². The number of aromatic hydroxyl groups is 1. The number of hydrogen-bond donors (Lipinski definition) is 4. The molecule has 4 rings (SSSR count). The molecule has 1 aliphatic rings. The van der Waals surface area contributed by atoms with Crippen molar-refractivity contribution in [2.45, 2.75) is 31.3 Å². The molecule has 4 N–H and O–H groups in total. The standard InChI is InChI=1S/C26H27N3O5S/c30-15-22(13-24-25(31)26(32)29-17-28-24)21-9-7-19(8-10-21)2-1-18-3-5-20(6-4-18)14-27-23-11-12-35(33,34)16-23/h3-10,17,22-23,27,30-31H,11-16H2,(H,28,29,32)/t22-,23-/m0/s1. The molecule has 1 aliphatic heterocycles. The minimum Gasteiger partial charge on any atom is -0.502 e. The summed E-state index contributed by atoms with van der Waals surface area (Å²) in [6.07, 6.45) is 2.13. The summed E-state index contributed by atoms with van der Waals surface area (Å²) in [4.78, 5) is 17.9. The number of aliphatic hydroxyl groups excluding tert-OH is 1. The Hall–Kier alpha value is -3.45. The van der Waals surface area contributed by atoms with Crippen molar-refractivity contribution in [1.29, 1.82) is 0 Å². The Kier molecular flexibility index (Phi) is 7.66. The van der Waals surface area contributed by atoms with Crippen molar-refractivity contribution >= 4 is 9.84 Å². The number of aromatic amines is 1. The van der Waals surface area contributed by atoms with Crippen molar-refractivity contribution in [2.75, 3.05) is 18.1 Å². The molecule has 2 atom stereocenters. The van der Waals surface area contributed by atoms with E-state index >= 15 is 0 Å². The number of benzene rings is 2. The van der Waals surface area contributed by atoms with Crippen LogP contribution in [0.2, 0.25) is 0 Å². The van der Waals surface area contributed by atoms with Crippen LogP contribution in [0.5, 0.6) is 5.75 Å². The van der Waals surface area contributed by atoms with Gasteiger partial charge in [-0.3, -0.25) is 4.79 Å². The van der Waals surface area contributed by atoms with Crippen LogP contribution in [0.15, 0.2) is 59.7 Å². The number of sulfone groups is 1. The van der Waals surface area contributed by atoms with Gasteiger partial charge in [0.1, 0.15) is 0 Å². The molecule has 182 valence electrons. The molecule has 1 aromatic heterocycles. The SMILES string of the molecule is O=c1[nH]cnc(C[C@@H](CO)c2ccc(C#Cc3ccc(CN[C@H]4CCS(=O)(=O)C4)cc3)cc2)c1O. The highest BCUT2D eigenvalue weighted by Gasteiger charge is 2.27. The molecule has 0 bridgehead atoms. The molecule has 1 fully saturated rings. The molecule has 1 saturated heterocycles. The molecule has 0 spiro atoms. The Bertz CT molecular complexity index is 1390. The maximum absolute atomic E-state index is 11.6. The summed E-state index contributed by atoms with van der Waals surface area (Å²) < 4.78 is 23.1. The third-order valence-corrected chi connectivity index (χ3v) is 7.85. The number of nitrogens with one attached hydrogen (secondary N) is 2. The fourth-order valence-electron chi connectivity index (χ4n) is 4.01. The highest BCUT2D eigenvalue weighted by molar-refractivity contribution is 7.91. The second-order valence-electron chi connectivity index (χ2n) is 8.66. The molecule has 0 aliphatic carbocycles. The molecule has 8 nitrogen and oxygen atoms in total. The maximum Gasteiger partial charge on any atom is 0.293 e. The van der Waals surface area contributed by atoms with Crippen molar-refractivity contribution in [3.63, 3.8) is 0 Å². The molecule has 0 saturated carbocycles. The molecule has 0 amide bonds. The molecular formula is C26H27N3O5S. The minimum atomic E-state index is -2.89. The fourth-order valence-corrected chi connectivity index (χ4v) is 5.71. The van der Waals surface area contributed by atoms with Gasteiger partial charge in [-0.1, -0.05) is 36.1 Å². The Labute approximate surface area is 204 Å². The molecule has 0 unspecified atom stereocenters. The van der Waals surface area contributed by atoms with Crippen LogP contribution in [0.3, 0.4) is 0 Å².